The van der Waals surface area contributed by atoms with Crippen LogP contribution < -0.4 is 0 Å². The number of benzene rings is 1. The van der Waals surface area contributed by atoms with E-state index in [9.17, 15) is 0 Å². The topological polar surface area (TPSA) is 0 Å². The second-order valence-corrected chi connectivity index (χ2v) is 11.4. The molecule has 0 heterocycles. The van der Waals surface area contributed by atoms with Gasteiger partial charge < -0.3 is 0 Å². The van der Waals surface area contributed by atoms with Gasteiger partial charge in [-0.2, -0.15) is 0 Å². The molecule has 1 aromatic carbocycles. The fourth-order valence-corrected chi connectivity index (χ4v) is 7.28. The first-order valence-corrected chi connectivity index (χ1v) is 12.1. The van der Waals surface area contributed by atoms with Gasteiger partial charge >= 0.3 is 101 Å². The minimum absolute atomic E-state index is 0.842. The number of hydrogen-bond donors (Lipinski definition) is 0. The van der Waals surface area contributed by atoms with Crippen molar-refractivity contribution in [2.75, 3.05) is 0 Å². The first-order chi connectivity index (χ1) is 7.15. The third kappa shape index (κ3) is 1.91. The maximum atomic E-state index is 2.51. The van der Waals surface area contributed by atoms with E-state index in [0.29, 0.717) is 0 Å². The van der Waals surface area contributed by atoms with Gasteiger partial charge in [0.05, 0.1) is 0 Å². The molecule has 2 rings (SSSR count). The standard InChI is InChI=1S/C12H13.2CH3.Zr/c1-3-10-5-4-6-11-7-9(2)8-12(10)11;;;/h4-8H,3H2,1-2H3;2*1H3;. The normalized spacial score (nSPS) is 18.7. The zero-order valence-electron chi connectivity index (χ0n) is 10.1. The van der Waals surface area contributed by atoms with Crippen molar-refractivity contribution in [1.29, 1.82) is 0 Å². The van der Waals surface area contributed by atoms with E-state index in [-0.39, 0.29) is 0 Å². The van der Waals surface area contributed by atoms with E-state index in [1.165, 1.54) is 5.56 Å². The summed E-state index contributed by atoms with van der Waals surface area (Å²) in [5.74, 6) is 0. The average Bonchev–Trinajstić information content (AvgIpc) is 2.53. The molecular formula is C14H19Zr. The summed E-state index contributed by atoms with van der Waals surface area (Å²) in [4.78, 5) is 0. The van der Waals surface area contributed by atoms with Gasteiger partial charge in [-0.05, 0) is 0 Å². The molecule has 0 aliphatic heterocycles. The summed E-state index contributed by atoms with van der Waals surface area (Å²) < 4.78 is 5.87. The SMILES string of the molecule is CCc1cccc2c1C=C(C)[CH]2[Zr]([CH3])[CH3]. The Labute approximate surface area is 101 Å². The fourth-order valence-electron chi connectivity index (χ4n) is 2.69. The molecule has 0 spiro atoms. The summed E-state index contributed by atoms with van der Waals surface area (Å²) in [7, 11) is 0. The molecule has 0 bridgehead atoms. The van der Waals surface area contributed by atoms with E-state index in [1.807, 2.05) is 0 Å². The Bertz CT molecular complexity index is 402. The van der Waals surface area contributed by atoms with Gasteiger partial charge in [0.25, 0.3) is 0 Å². The predicted octanol–water partition coefficient (Wildman–Crippen LogP) is 4.42. The van der Waals surface area contributed by atoms with Gasteiger partial charge in [-0.1, -0.05) is 0 Å². The number of fused-ring (bicyclic) bond motifs is 1. The van der Waals surface area contributed by atoms with Crippen LogP contribution in [0.5, 0.6) is 0 Å². The molecular weight excluding hydrogens is 259 g/mol. The summed E-state index contributed by atoms with van der Waals surface area (Å²) >= 11 is -1.17. The fraction of sp³-hybridized carbons (Fsp3) is 0.429. The Balaban J connectivity index is 2.54. The van der Waals surface area contributed by atoms with Crippen molar-refractivity contribution in [3.63, 3.8) is 0 Å². The van der Waals surface area contributed by atoms with Gasteiger partial charge in [0, 0.05) is 0 Å². The van der Waals surface area contributed by atoms with Gasteiger partial charge in [-0.3, -0.25) is 0 Å². The van der Waals surface area contributed by atoms with E-state index < -0.39 is 21.8 Å². The predicted molar refractivity (Wildman–Crippen MR) is 63.9 cm³/mol. The zero-order chi connectivity index (χ0) is 11.0. The number of aryl methyl sites for hydroxylation is 1. The van der Waals surface area contributed by atoms with Crippen LogP contribution in [-0.2, 0) is 28.2 Å². The maximum absolute atomic E-state index is 2.51. The van der Waals surface area contributed by atoms with Crippen LogP contribution in [0.25, 0.3) is 6.08 Å². The number of rotatable bonds is 2. The minimum atomic E-state index is -1.17. The molecule has 1 aliphatic rings. The molecule has 0 saturated carbocycles. The average molecular weight is 279 g/mol. The summed E-state index contributed by atoms with van der Waals surface area (Å²) in [6.45, 7) is 4.57. The Hall–Kier alpha value is -0.157. The van der Waals surface area contributed by atoms with Gasteiger partial charge in [0.2, 0.25) is 0 Å². The van der Waals surface area contributed by atoms with Crippen molar-refractivity contribution in [3.8, 4) is 0 Å². The number of hydrogen-bond acceptors (Lipinski definition) is 0. The first-order valence-electron chi connectivity index (χ1n) is 5.75. The van der Waals surface area contributed by atoms with Crippen molar-refractivity contribution >= 4 is 6.08 Å². The number of allylic oxidation sites excluding steroid dienone is 1. The molecule has 0 N–H and O–H groups in total. The summed E-state index contributed by atoms with van der Waals surface area (Å²) in [6, 6.07) is 6.86. The molecule has 1 aromatic rings. The first kappa shape index (κ1) is 11.3. The van der Waals surface area contributed by atoms with Crippen LogP contribution in [0.4, 0.5) is 0 Å². The van der Waals surface area contributed by atoms with Crippen molar-refractivity contribution in [2.24, 2.45) is 0 Å². The van der Waals surface area contributed by atoms with Crippen LogP contribution in [0.15, 0.2) is 23.8 Å². The van der Waals surface area contributed by atoms with Crippen molar-refractivity contribution in [3.05, 3.63) is 40.5 Å². The summed E-state index contributed by atoms with van der Waals surface area (Å²) in [5.41, 5.74) is 6.32. The summed E-state index contributed by atoms with van der Waals surface area (Å²) in [6.07, 6.45) is 3.60. The van der Waals surface area contributed by atoms with E-state index in [2.05, 4.69) is 47.4 Å². The van der Waals surface area contributed by atoms with Gasteiger partial charge in [-0.25, -0.2) is 0 Å². The quantitative estimate of drug-likeness (QED) is 0.751. The molecule has 1 unspecified atom stereocenters. The van der Waals surface area contributed by atoms with Gasteiger partial charge in [0.15, 0.2) is 0 Å². The Morgan fingerprint density at radius 3 is 2.60 bits per heavy atom. The molecule has 1 heteroatoms. The Morgan fingerprint density at radius 2 is 2.00 bits per heavy atom. The second-order valence-electron chi connectivity index (χ2n) is 4.67. The molecule has 0 nitrogen and oxygen atoms in total. The van der Waals surface area contributed by atoms with Crippen LogP contribution in [0.2, 0.25) is 9.26 Å². The van der Waals surface area contributed by atoms with Crippen LogP contribution in [0, 0.1) is 0 Å². The molecule has 15 heavy (non-hydrogen) atoms. The zero-order valence-corrected chi connectivity index (χ0v) is 12.6. The molecule has 0 saturated heterocycles. The molecule has 0 radical (unpaired) electrons. The molecule has 1 aliphatic carbocycles. The Morgan fingerprint density at radius 1 is 1.27 bits per heavy atom. The van der Waals surface area contributed by atoms with Gasteiger partial charge in [-0.15, -0.1) is 0 Å². The third-order valence-electron chi connectivity index (χ3n) is 3.33. The van der Waals surface area contributed by atoms with Crippen LogP contribution >= 0.6 is 0 Å². The third-order valence-corrected chi connectivity index (χ3v) is 8.05. The monoisotopic (exact) mass is 277 g/mol. The van der Waals surface area contributed by atoms with E-state index in [4.69, 9.17) is 0 Å². The van der Waals surface area contributed by atoms with Crippen molar-refractivity contribution in [1.82, 2.24) is 0 Å². The second kappa shape index (κ2) is 4.38. The molecule has 1 atom stereocenters. The summed E-state index contributed by atoms with van der Waals surface area (Å²) in [5, 5.41) is 0. The van der Waals surface area contributed by atoms with Crippen molar-refractivity contribution in [2.45, 2.75) is 33.2 Å². The van der Waals surface area contributed by atoms with E-state index in [1.54, 1.807) is 16.7 Å². The van der Waals surface area contributed by atoms with E-state index in [0.717, 1.165) is 10.0 Å². The van der Waals surface area contributed by atoms with E-state index >= 15 is 0 Å². The van der Waals surface area contributed by atoms with Crippen LogP contribution in [0.1, 0.15) is 34.2 Å². The van der Waals surface area contributed by atoms with Crippen molar-refractivity contribution < 1.29 is 21.8 Å². The Kier molecular flexibility index (Phi) is 3.31. The molecule has 0 fully saturated rings. The van der Waals surface area contributed by atoms with Gasteiger partial charge in [0.1, 0.15) is 0 Å². The van der Waals surface area contributed by atoms with Crippen LogP contribution in [0.3, 0.4) is 0 Å². The van der Waals surface area contributed by atoms with Crippen LogP contribution in [-0.4, -0.2) is 0 Å². The molecule has 0 amide bonds. The molecule has 0 aromatic heterocycles. The molecule has 79 valence electrons.